The molecule has 2 aliphatic rings. The summed E-state index contributed by atoms with van der Waals surface area (Å²) in [6.45, 7) is 0.424. The summed E-state index contributed by atoms with van der Waals surface area (Å²) in [6, 6.07) is 5.69. The first-order valence-corrected chi connectivity index (χ1v) is 11.5. The smallest absolute Gasteiger partial charge is 0.308 e. The van der Waals surface area contributed by atoms with Crippen molar-refractivity contribution in [2.24, 2.45) is 5.92 Å². The number of nitrogens with zero attached hydrogens (tertiary/aromatic N) is 2. The summed E-state index contributed by atoms with van der Waals surface area (Å²) in [5.41, 5.74) is 0.658. The number of thiocarbonyl (C=S) groups is 1. The van der Waals surface area contributed by atoms with Crippen LogP contribution < -0.4 is 0 Å². The topological polar surface area (TPSA) is 93.2 Å². The molecule has 2 aliphatic heterocycles. The van der Waals surface area contributed by atoms with E-state index in [4.69, 9.17) is 21.7 Å². The molecule has 0 N–H and O–H groups in total. The number of amides is 2. The lowest BCUT2D eigenvalue weighted by molar-refractivity contribution is -0.154. The number of halogens is 1. The third kappa shape index (κ3) is 6.61. The molecule has 8 nitrogen and oxygen atoms in total. The average Bonchev–Trinajstić information content (AvgIpc) is 3.09. The molecule has 3 rings (SSSR count). The number of hydrogen-bond donors (Lipinski definition) is 0. The van der Waals surface area contributed by atoms with Gasteiger partial charge in [-0.1, -0.05) is 36.1 Å². The van der Waals surface area contributed by atoms with Crippen molar-refractivity contribution in [1.29, 1.82) is 0 Å². The summed E-state index contributed by atoms with van der Waals surface area (Å²) in [6.07, 6.45) is 2.51. The molecule has 0 saturated carbocycles. The molecular weight excluding hydrogens is 471 g/mol. The molecule has 2 saturated heterocycles. The van der Waals surface area contributed by atoms with E-state index in [2.05, 4.69) is 0 Å². The van der Waals surface area contributed by atoms with Gasteiger partial charge >= 0.3 is 11.9 Å². The van der Waals surface area contributed by atoms with Crippen LogP contribution in [-0.2, 0) is 28.7 Å². The van der Waals surface area contributed by atoms with Crippen molar-refractivity contribution in [3.8, 4) is 0 Å². The first-order valence-electron chi connectivity index (χ1n) is 10.3. The van der Waals surface area contributed by atoms with E-state index in [1.807, 2.05) is 0 Å². The number of rotatable bonds is 7. The van der Waals surface area contributed by atoms with Gasteiger partial charge in [0.15, 0.2) is 6.61 Å². The Bertz CT molecular complexity index is 974. The van der Waals surface area contributed by atoms with E-state index in [0.717, 1.165) is 11.8 Å². The number of carbonyl (C=O) groups is 4. The minimum Gasteiger partial charge on any atom is -0.469 e. The second-order valence-electron chi connectivity index (χ2n) is 7.47. The molecule has 1 aromatic rings. The van der Waals surface area contributed by atoms with E-state index in [0.29, 0.717) is 40.7 Å². The number of thioether (sulfide) groups is 1. The lowest BCUT2D eigenvalue weighted by Crippen LogP contribution is -2.42. The number of likely N-dealkylation sites (tertiary alicyclic amines) is 1. The average molecular weight is 495 g/mol. The predicted octanol–water partition coefficient (Wildman–Crippen LogP) is 2.37. The number of hydrogen-bond acceptors (Lipinski definition) is 8. The largest absolute Gasteiger partial charge is 0.469 e. The van der Waals surface area contributed by atoms with Gasteiger partial charge in [-0.15, -0.1) is 0 Å². The van der Waals surface area contributed by atoms with Crippen molar-refractivity contribution in [2.75, 3.05) is 33.4 Å². The van der Waals surface area contributed by atoms with E-state index < -0.39 is 12.6 Å². The fraction of sp³-hybridized carbons (Fsp3) is 0.409. The van der Waals surface area contributed by atoms with E-state index in [-0.39, 0.29) is 42.5 Å². The van der Waals surface area contributed by atoms with Gasteiger partial charge in [-0.3, -0.25) is 24.1 Å². The predicted molar refractivity (Wildman–Crippen MR) is 123 cm³/mol. The maximum absolute atomic E-state index is 13.0. The molecule has 0 atom stereocenters. The molecule has 2 heterocycles. The van der Waals surface area contributed by atoms with Crippen LogP contribution in [0.5, 0.6) is 0 Å². The SMILES string of the molecule is COC(=O)C1CCN(C(=O)COC(=O)CCN2C(=O)/C(=C/c3ccc(F)cc3)SC2=S)CC1. The van der Waals surface area contributed by atoms with E-state index in [9.17, 15) is 23.6 Å². The van der Waals surface area contributed by atoms with E-state index >= 15 is 0 Å². The van der Waals surface area contributed by atoms with Gasteiger partial charge in [-0.2, -0.15) is 0 Å². The molecule has 11 heteroatoms. The van der Waals surface area contributed by atoms with Crippen molar-refractivity contribution >= 4 is 58.1 Å². The fourth-order valence-electron chi connectivity index (χ4n) is 3.44. The zero-order valence-electron chi connectivity index (χ0n) is 18.0. The fourth-order valence-corrected chi connectivity index (χ4v) is 4.75. The van der Waals surface area contributed by atoms with Gasteiger partial charge in [-0.05, 0) is 36.6 Å². The first kappa shape index (κ1) is 24.8. The zero-order valence-corrected chi connectivity index (χ0v) is 19.6. The Morgan fingerprint density at radius 2 is 1.88 bits per heavy atom. The number of ether oxygens (including phenoxy) is 2. The Labute approximate surface area is 200 Å². The van der Waals surface area contributed by atoms with Gasteiger partial charge in [0.25, 0.3) is 11.8 Å². The number of piperidine rings is 1. The molecular formula is C22H23FN2O6S2. The highest BCUT2D eigenvalue weighted by atomic mass is 32.2. The van der Waals surface area contributed by atoms with E-state index in [1.165, 1.54) is 24.1 Å². The van der Waals surface area contributed by atoms with Crippen molar-refractivity contribution in [1.82, 2.24) is 9.80 Å². The Hall–Kier alpha value is -2.79. The monoisotopic (exact) mass is 494 g/mol. The molecule has 1 aromatic carbocycles. The minimum atomic E-state index is -0.621. The van der Waals surface area contributed by atoms with Crippen LogP contribution in [0.4, 0.5) is 4.39 Å². The number of carbonyl (C=O) groups excluding carboxylic acids is 4. The second-order valence-corrected chi connectivity index (χ2v) is 9.15. The highest BCUT2D eigenvalue weighted by Crippen LogP contribution is 2.32. The summed E-state index contributed by atoms with van der Waals surface area (Å²) in [5.74, 6) is -2.17. The molecule has 2 fully saturated rings. The normalized spacial score (nSPS) is 18.1. The highest BCUT2D eigenvalue weighted by molar-refractivity contribution is 8.26. The maximum Gasteiger partial charge on any atom is 0.308 e. The molecule has 0 unspecified atom stereocenters. The zero-order chi connectivity index (χ0) is 24.0. The van der Waals surface area contributed by atoms with Crippen LogP contribution in [-0.4, -0.2) is 71.2 Å². The number of benzene rings is 1. The van der Waals surface area contributed by atoms with Crippen LogP contribution in [0.25, 0.3) is 6.08 Å². The van der Waals surface area contributed by atoms with Gasteiger partial charge in [-0.25, -0.2) is 4.39 Å². The Kier molecular flexibility index (Phi) is 8.56. The first-order chi connectivity index (χ1) is 15.8. The number of esters is 2. The van der Waals surface area contributed by atoms with Crippen molar-refractivity contribution in [3.63, 3.8) is 0 Å². The van der Waals surface area contributed by atoms with Crippen LogP contribution in [0.1, 0.15) is 24.8 Å². The Morgan fingerprint density at radius 1 is 1.21 bits per heavy atom. The number of methoxy groups -OCH3 is 1. The standard InChI is InChI=1S/C22H23FN2O6S2/c1-30-21(29)15-6-9-24(10-7-15)18(26)13-31-19(27)8-11-25-20(28)17(33-22(25)32)12-14-2-4-16(23)5-3-14/h2-5,12,15H,6-11,13H2,1H3/b17-12-. The minimum absolute atomic E-state index is 0.0307. The van der Waals surface area contributed by atoms with Gasteiger partial charge in [0.1, 0.15) is 10.1 Å². The molecule has 0 aliphatic carbocycles. The van der Waals surface area contributed by atoms with E-state index in [1.54, 1.807) is 23.1 Å². The van der Waals surface area contributed by atoms with Gasteiger partial charge < -0.3 is 14.4 Å². The maximum atomic E-state index is 13.0. The van der Waals surface area contributed by atoms with Crippen LogP contribution in [0.3, 0.4) is 0 Å². The van der Waals surface area contributed by atoms with Gasteiger partial charge in [0, 0.05) is 19.6 Å². The molecule has 0 aromatic heterocycles. The summed E-state index contributed by atoms with van der Waals surface area (Å²) < 4.78 is 23.1. The summed E-state index contributed by atoms with van der Waals surface area (Å²) in [5, 5.41) is 0. The van der Waals surface area contributed by atoms with Crippen molar-refractivity contribution < 1.29 is 33.0 Å². The Morgan fingerprint density at radius 3 is 2.52 bits per heavy atom. The molecule has 0 bridgehead atoms. The lowest BCUT2D eigenvalue weighted by atomic mass is 9.97. The van der Waals surface area contributed by atoms with Crippen LogP contribution in [0.15, 0.2) is 29.2 Å². The lowest BCUT2D eigenvalue weighted by Gasteiger charge is -2.30. The van der Waals surface area contributed by atoms with Gasteiger partial charge in [0.05, 0.1) is 24.4 Å². The molecule has 0 radical (unpaired) electrons. The van der Waals surface area contributed by atoms with Crippen LogP contribution in [0.2, 0.25) is 0 Å². The third-order valence-electron chi connectivity index (χ3n) is 5.32. The van der Waals surface area contributed by atoms with Crippen molar-refractivity contribution in [2.45, 2.75) is 19.3 Å². The van der Waals surface area contributed by atoms with Crippen LogP contribution >= 0.6 is 24.0 Å². The molecule has 176 valence electrons. The highest BCUT2D eigenvalue weighted by Gasteiger charge is 2.32. The third-order valence-corrected chi connectivity index (χ3v) is 6.70. The Balaban J connectivity index is 1.43. The summed E-state index contributed by atoms with van der Waals surface area (Å²) in [4.78, 5) is 51.7. The second kappa shape index (κ2) is 11.4. The van der Waals surface area contributed by atoms with Gasteiger partial charge in [0.2, 0.25) is 0 Å². The van der Waals surface area contributed by atoms with Crippen LogP contribution in [0, 0.1) is 11.7 Å². The molecule has 33 heavy (non-hydrogen) atoms. The quantitative estimate of drug-likeness (QED) is 0.324. The molecule has 0 spiro atoms. The molecule has 2 amide bonds. The summed E-state index contributed by atoms with van der Waals surface area (Å²) in [7, 11) is 1.34. The van der Waals surface area contributed by atoms with Crippen molar-refractivity contribution in [3.05, 3.63) is 40.6 Å². The summed E-state index contributed by atoms with van der Waals surface area (Å²) >= 11 is 6.34.